The fraction of sp³-hybridized carbons (Fsp3) is 0. The van der Waals surface area contributed by atoms with Crippen LogP contribution in [0.15, 0.2) is 138 Å². The van der Waals surface area contributed by atoms with Crippen LogP contribution in [0.25, 0.3) is 97.0 Å². The lowest BCUT2D eigenvalue weighted by Gasteiger charge is -2.15. The lowest BCUT2D eigenvalue weighted by atomic mass is 9.88. The average Bonchev–Trinajstić information content (AvgIpc) is 3.48. The number of hydrogen-bond donors (Lipinski definition) is 0. The smallest absolute Gasteiger partial charge is 0.202 e. The summed E-state index contributed by atoms with van der Waals surface area (Å²) in [6, 6.07) is 45.6. The minimum absolute atomic E-state index is 0.679. The average molecular weight is 571 g/mol. The Balaban J connectivity index is 1.42. The lowest BCUT2D eigenvalue weighted by molar-refractivity contribution is 0.669. The molecule has 0 aliphatic rings. The first kappa shape index (κ1) is 25.1. The normalized spacial score (nSPS) is 11.5. The summed E-state index contributed by atoms with van der Waals surface area (Å²) in [5.41, 5.74) is 7.36. The zero-order valence-corrected chi connectivity index (χ0v) is 24.0. The van der Waals surface area contributed by atoms with E-state index in [0.29, 0.717) is 11.4 Å². The highest BCUT2D eigenvalue weighted by Gasteiger charge is 2.21. The Morgan fingerprint density at radius 2 is 0.867 bits per heavy atom. The molecule has 0 unspecified atom stereocenters. The van der Waals surface area contributed by atoms with E-state index in [1.165, 1.54) is 0 Å². The van der Waals surface area contributed by atoms with Gasteiger partial charge in [0.2, 0.25) is 11.4 Å². The molecule has 3 heteroatoms. The summed E-state index contributed by atoms with van der Waals surface area (Å²) in [5.74, 6) is 0. The third-order valence-electron chi connectivity index (χ3n) is 9.08. The molecule has 0 bridgehead atoms. The monoisotopic (exact) mass is 570 g/mol. The fourth-order valence-corrected chi connectivity index (χ4v) is 7.24. The summed E-state index contributed by atoms with van der Waals surface area (Å²) in [7, 11) is 0. The van der Waals surface area contributed by atoms with E-state index in [9.17, 15) is 0 Å². The summed E-state index contributed by atoms with van der Waals surface area (Å²) < 4.78 is 6.50. The van der Waals surface area contributed by atoms with Crippen LogP contribution < -0.4 is 0 Å². The van der Waals surface area contributed by atoms with Gasteiger partial charge in [-0.1, -0.05) is 115 Å². The first-order chi connectivity index (χ1) is 22.3. The van der Waals surface area contributed by atoms with Crippen LogP contribution in [0.3, 0.4) is 0 Å². The number of nitrogens with zero attached hydrogens (tertiary/aromatic N) is 2. The van der Waals surface area contributed by atoms with E-state index in [2.05, 4.69) is 64.3 Å². The Labute approximate surface area is 258 Å². The van der Waals surface area contributed by atoms with Crippen LogP contribution in [-0.2, 0) is 0 Å². The van der Waals surface area contributed by atoms with Crippen LogP contribution in [-0.4, -0.2) is 0 Å². The topological polar surface area (TPSA) is 21.9 Å². The van der Waals surface area contributed by atoms with Crippen molar-refractivity contribution < 1.29 is 4.42 Å². The van der Waals surface area contributed by atoms with Crippen molar-refractivity contribution in [3.8, 4) is 22.3 Å². The predicted octanol–water partition coefficient (Wildman–Crippen LogP) is 12.6. The van der Waals surface area contributed by atoms with Gasteiger partial charge in [-0.3, -0.25) is 0 Å². The molecule has 45 heavy (non-hydrogen) atoms. The maximum Gasteiger partial charge on any atom is 0.202 e. The van der Waals surface area contributed by atoms with Gasteiger partial charge in [0.15, 0.2) is 0 Å². The molecule has 0 fully saturated rings. The number of furan rings is 1. The second-order valence-corrected chi connectivity index (χ2v) is 11.3. The zero-order chi connectivity index (χ0) is 30.1. The Hall–Kier alpha value is -6.42. The molecule has 9 aromatic rings. The predicted molar refractivity (Wildman–Crippen MR) is 187 cm³/mol. The van der Waals surface area contributed by atoms with Crippen molar-refractivity contribution in [2.24, 2.45) is 0 Å². The second kappa shape index (κ2) is 9.55. The molecule has 1 aromatic heterocycles. The first-order valence-corrected chi connectivity index (χ1v) is 14.8. The van der Waals surface area contributed by atoms with Crippen LogP contribution in [0.4, 0.5) is 11.4 Å². The van der Waals surface area contributed by atoms with Crippen LogP contribution in [0.1, 0.15) is 0 Å². The van der Waals surface area contributed by atoms with Crippen molar-refractivity contribution in [3.63, 3.8) is 0 Å². The molecule has 0 spiro atoms. The minimum atomic E-state index is 0.679. The molecule has 0 saturated heterocycles. The first-order valence-electron chi connectivity index (χ1n) is 14.8. The van der Waals surface area contributed by atoms with E-state index >= 15 is 0 Å². The van der Waals surface area contributed by atoms with E-state index < -0.39 is 0 Å². The summed E-state index contributed by atoms with van der Waals surface area (Å²) in [5, 5.41) is 10.1. The summed E-state index contributed by atoms with van der Waals surface area (Å²) >= 11 is 0. The molecular weight excluding hydrogens is 548 g/mol. The van der Waals surface area contributed by atoms with Gasteiger partial charge in [0.1, 0.15) is 11.2 Å². The molecule has 0 amide bonds. The van der Waals surface area contributed by atoms with Crippen molar-refractivity contribution in [3.05, 3.63) is 156 Å². The van der Waals surface area contributed by atoms with E-state index in [-0.39, 0.29) is 0 Å². The van der Waals surface area contributed by atoms with Crippen molar-refractivity contribution in [1.29, 1.82) is 0 Å². The molecule has 0 radical (unpaired) electrons. The highest BCUT2D eigenvalue weighted by atomic mass is 16.3. The molecule has 8 aromatic carbocycles. The molecule has 3 nitrogen and oxygen atoms in total. The van der Waals surface area contributed by atoms with Gasteiger partial charge in [-0.2, -0.15) is 0 Å². The van der Waals surface area contributed by atoms with Gasteiger partial charge in [0, 0.05) is 10.8 Å². The zero-order valence-electron chi connectivity index (χ0n) is 24.0. The second-order valence-electron chi connectivity index (χ2n) is 11.3. The summed E-state index contributed by atoms with van der Waals surface area (Å²) in [6.45, 7) is 16.0. The Morgan fingerprint density at radius 3 is 1.36 bits per heavy atom. The fourth-order valence-electron chi connectivity index (χ4n) is 7.24. The van der Waals surface area contributed by atoms with E-state index in [1.54, 1.807) is 0 Å². The molecule has 0 saturated carbocycles. The SMILES string of the molecule is [C-]#[N+]c1c2ccccc2c(-c2ccc3oc4cccc(-c5c6ccccc6c([N+]#[C-])c6ccccc56)c4c3c2)c2ccccc12. The lowest BCUT2D eigenvalue weighted by Crippen LogP contribution is -1.88. The van der Waals surface area contributed by atoms with Gasteiger partial charge in [0.05, 0.1) is 13.1 Å². The maximum absolute atomic E-state index is 8.04. The molecule has 0 aliphatic heterocycles. The third kappa shape index (κ3) is 3.50. The highest BCUT2D eigenvalue weighted by molar-refractivity contribution is 6.26. The molecular formula is C42H22N2O. The van der Waals surface area contributed by atoms with Crippen molar-refractivity contribution in [2.45, 2.75) is 0 Å². The summed E-state index contributed by atoms with van der Waals surface area (Å²) in [4.78, 5) is 7.95. The maximum atomic E-state index is 8.04. The molecule has 9 rings (SSSR count). The largest absolute Gasteiger partial charge is 0.456 e. The van der Waals surface area contributed by atoms with Gasteiger partial charge < -0.3 is 4.42 Å². The molecule has 206 valence electrons. The molecule has 0 atom stereocenters. The Kier molecular flexibility index (Phi) is 5.33. The molecule has 1 heterocycles. The van der Waals surface area contributed by atoms with Crippen LogP contribution in [0.5, 0.6) is 0 Å². The van der Waals surface area contributed by atoms with Crippen molar-refractivity contribution >= 4 is 76.4 Å². The van der Waals surface area contributed by atoms with Crippen molar-refractivity contribution in [2.75, 3.05) is 0 Å². The van der Waals surface area contributed by atoms with Crippen LogP contribution in [0, 0.1) is 13.1 Å². The van der Waals surface area contributed by atoms with E-state index in [1.807, 2.05) is 78.9 Å². The van der Waals surface area contributed by atoms with Gasteiger partial charge >= 0.3 is 0 Å². The van der Waals surface area contributed by atoms with Gasteiger partial charge in [-0.05, 0) is 83.5 Å². The highest BCUT2D eigenvalue weighted by Crippen LogP contribution is 2.48. The number of fused-ring (bicyclic) bond motifs is 7. The number of rotatable bonds is 2. The Morgan fingerprint density at radius 1 is 0.400 bits per heavy atom. The molecule has 0 N–H and O–H groups in total. The van der Waals surface area contributed by atoms with Crippen LogP contribution in [0.2, 0.25) is 0 Å². The summed E-state index contributed by atoms with van der Waals surface area (Å²) in [6.07, 6.45) is 0. The standard InChI is InChI=1S/C42H22N2O/c1-43-41-30-16-7-3-12-26(30)38(27-13-4-8-17-31(27)41)25-22-23-36-35(24-25)40-34(20-11-21-37(40)45-36)39-28-14-5-9-18-32(28)42(44-2)33-19-10-6-15-29(33)39/h3-24H. The van der Waals surface area contributed by atoms with E-state index in [0.717, 1.165) is 87.3 Å². The van der Waals surface area contributed by atoms with Gasteiger partial charge in [0.25, 0.3) is 0 Å². The van der Waals surface area contributed by atoms with Crippen molar-refractivity contribution in [1.82, 2.24) is 0 Å². The van der Waals surface area contributed by atoms with Gasteiger partial charge in [-0.15, -0.1) is 0 Å². The molecule has 0 aliphatic carbocycles. The number of hydrogen-bond acceptors (Lipinski definition) is 1. The Bertz CT molecular complexity index is 2680. The third-order valence-corrected chi connectivity index (χ3v) is 9.08. The minimum Gasteiger partial charge on any atom is -0.456 e. The van der Waals surface area contributed by atoms with Crippen LogP contribution >= 0.6 is 0 Å². The number of benzene rings is 8. The van der Waals surface area contributed by atoms with E-state index in [4.69, 9.17) is 17.6 Å². The van der Waals surface area contributed by atoms with Gasteiger partial charge in [-0.25, -0.2) is 9.69 Å². The quantitative estimate of drug-likeness (QED) is 0.150.